The predicted octanol–water partition coefficient (Wildman–Crippen LogP) is 12.7. The minimum atomic E-state index is -5.02. The Bertz CT molecular complexity index is 1140. The summed E-state index contributed by atoms with van der Waals surface area (Å²) in [5.74, 6) is -0.471. The minimum Gasteiger partial charge on any atom is -0.457 e. The van der Waals surface area contributed by atoms with Crippen molar-refractivity contribution in [2.75, 3.05) is 19.8 Å². The molecule has 0 aromatic rings. The first-order chi connectivity index (χ1) is 32.0. The van der Waals surface area contributed by atoms with E-state index >= 15 is 0 Å². The monoisotopic (exact) mass is 963 g/mol. The van der Waals surface area contributed by atoms with Gasteiger partial charge in [0.1, 0.15) is 42.7 Å². The lowest BCUT2D eigenvalue weighted by atomic mass is 9.85. The highest BCUT2D eigenvalue weighted by molar-refractivity contribution is 7.47. The van der Waals surface area contributed by atoms with Gasteiger partial charge in [-0.3, -0.25) is 13.8 Å². The van der Waals surface area contributed by atoms with Crippen LogP contribution in [-0.4, -0.2) is 98.9 Å². The van der Waals surface area contributed by atoms with E-state index in [4.69, 9.17) is 18.5 Å². The van der Waals surface area contributed by atoms with Crippen LogP contribution in [-0.2, 0) is 27.9 Å². The van der Waals surface area contributed by atoms with Crippen LogP contribution >= 0.6 is 7.82 Å². The average molecular weight is 963 g/mol. The molecule has 0 heterocycles. The van der Waals surface area contributed by atoms with E-state index < -0.39 is 63.1 Å². The molecule has 1 aliphatic carbocycles. The summed E-state index contributed by atoms with van der Waals surface area (Å²) in [6.45, 7) is 4.31. The second kappa shape index (κ2) is 44.1. The van der Waals surface area contributed by atoms with Gasteiger partial charge in [-0.05, 0) is 38.5 Å². The van der Waals surface area contributed by atoms with Gasteiger partial charge in [0.2, 0.25) is 0 Å². The fourth-order valence-electron chi connectivity index (χ4n) is 8.77. The number of unbranched alkanes of at least 4 members (excludes halogenated alkanes) is 34. The molecular weight excluding hydrogens is 860 g/mol. The molecule has 0 spiro atoms. The largest absolute Gasteiger partial charge is 0.472 e. The summed E-state index contributed by atoms with van der Waals surface area (Å²) in [6.07, 6.45) is 38.5. The molecule has 1 saturated carbocycles. The topological polar surface area (TPSA) is 192 Å². The van der Waals surface area contributed by atoms with Gasteiger partial charge in [-0.25, -0.2) is 4.57 Å². The highest BCUT2D eigenvalue weighted by atomic mass is 31.2. The van der Waals surface area contributed by atoms with Crippen molar-refractivity contribution in [3.05, 3.63) is 12.2 Å². The number of aliphatic hydroxyl groups is 5. The number of phosphoric ester groups is 1. The number of ether oxygens (including phenoxy) is 2. The zero-order valence-corrected chi connectivity index (χ0v) is 43.2. The molecule has 0 radical (unpaired) electrons. The Morgan fingerprint density at radius 3 is 1.20 bits per heavy atom. The maximum absolute atomic E-state index is 12.9. The van der Waals surface area contributed by atoms with Gasteiger partial charge >= 0.3 is 13.8 Å². The van der Waals surface area contributed by atoms with Crippen molar-refractivity contribution in [1.82, 2.24) is 0 Å². The lowest BCUT2D eigenvalue weighted by Crippen LogP contribution is -2.64. The van der Waals surface area contributed by atoms with Crippen LogP contribution in [0.3, 0.4) is 0 Å². The Labute approximate surface area is 403 Å². The second-order valence-electron chi connectivity index (χ2n) is 19.4. The number of aliphatic hydroxyl groups excluding tert-OH is 5. The van der Waals surface area contributed by atoms with Gasteiger partial charge in [0.05, 0.1) is 13.2 Å². The summed E-state index contributed by atoms with van der Waals surface area (Å²) in [5, 5.41) is 50.4. The van der Waals surface area contributed by atoms with Crippen molar-refractivity contribution in [3.8, 4) is 0 Å². The molecule has 6 N–H and O–H groups in total. The normalized spacial score (nSPS) is 21.4. The Morgan fingerprint density at radius 2 is 0.803 bits per heavy atom. The summed E-state index contributed by atoms with van der Waals surface area (Å²) in [5.41, 5.74) is 0. The lowest BCUT2D eigenvalue weighted by Gasteiger charge is -2.41. The van der Waals surface area contributed by atoms with E-state index in [1.807, 2.05) is 0 Å². The van der Waals surface area contributed by atoms with Crippen LogP contribution in [0.15, 0.2) is 12.2 Å². The molecule has 0 bridgehead atoms. The Hall–Kier alpha value is -0.920. The number of hydrogen-bond acceptors (Lipinski definition) is 11. The number of carbonyl (C=O) groups is 1. The summed E-state index contributed by atoms with van der Waals surface area (Å²) < 4.78 is 34.4. The third kappa shape index (κ3) is 35.2. The van der Waals surface area contributed by atoms with Crippen molar-refractivity contribution in [2.24, 2.45) is 0 Å². The number of carbonyl (C=O) groups excluding carboxylic acids is 1. The van der Waals surface area contributed by atoms with Gasteiger partial charge in [-0.15, -0.1) is 0 Å². The fraction of sp³-hybridized carbons (Fsp3) is 0.943. The summed E-state index contributed by atoms with van der Waals surface area (Å²) >= 11 is 0. The SMILES string of the molecule is CCCCCCCC/C=C\CCCCCCCCCCOCC(COP(=O)(O)OC1C(O)C(O)C(O)C(O)C1O)OC(=O)CCCCCCCCCCCCCCCCCCCCCCC. The van der Waals surface area contributed by atoms with Crippen LogP contribution in [0.5, 0.6) is 0 Å². The number of esters is 1. The first-order valence-corrected chi connectivity index (χ1v) is 29.0. The first-order valence-electron chi connectivity index (χ1n) is 27.5. The van der Waals surface area contributed by atoms with E-state index in [2.05, 4.69) is 26.0 Å². The molecule has 6 unspecified atom stereocenters. The average Bonchev–Trinajstić information content (AvgIpc) is 3.30. The van der Waals surface area contributed by atoms with E-state index in [0.29, 0.717) is 13.0 Å². The molecule has 6 atom stereocenters. The number of hydrogen-bond donors (Lipinski definition) is 6. The molecule has 0 aromatic carbocycles. The van der Waals surface area contributed by atoms with Gasteiger partial charge in [0, 0.05) is 13.0 Å². The number of phosphoric acid groups is 1. The minimum absolute atomic E-state index is 0.0727. The maximum atomic E-state index is 12.9. The van der Waals surface area contributed by atoms with Gasteiger partial charge in [0.25, 0.3) is 0 Å². The van der Waals surface area contributed by atoms with Crippen LogP contribution in [0.2, 0.25) is 0 Å². The Morgan fingerprint density at radius 1 is 0.470 bits per heavy atom. The highest BCUT2D eigenvalue weighted by Crippen LogP contribution is 2.47. The van der Waals surface area contributed by atoms with Crippen LogP contribution in [0.25, 0.3) is 0 Å². The molecule has 392 valence electrons. The van der Waals surface area contributed by atoms with Gasteiger partial charge in [0.15, 0.2) is 0 Å². The van der Waals surface area contributed by atoms with Crippen LogP contribution in [0, 0.1) is 0 Å². The quantitative estimate of drug-likeness (QED) is 0.0147. The van der Waals surface area contributed by atoms with E-state index in [-0.39, 0.29) is 13.0 Å². The molecule has 66 heavy (non-hydrogen) atoms. The van der Waals surface area contributed by atoms with E-state index in [1.54, 1.807) is 0 Å². The van der Waals surface area contributed by atoms with Gasteiger partial charge in [-0.1, -0.05) is 225 Å². The fourth-order valence-corrected chi connectivity index (χ4v) is 9.74. The third-order valence-corrected chi connectivity index (χ3v) is 14.1. The number of allylic oxidation sites excluding steroid dienone is 2. The zero-order valence-electron chi connectivity index (χ0n) is 42.3. The Kier molecular flexibility index (Phi) is 42.1. The molecule has 0 aromatic heterocycles. The second-order valence-corrected chi connectivity index (χ2v) is 20.8. The van der Waals surface area contributed by atoms with Crippen molar-refractivity contribution >= 4 is 13.8 Å². The maximum Gasteiger partial charge on any atom is 0.472 e. The molecule has 13 heteroatoms. The van der Waals surface area contributed by atoms with E-state index in [1.165, 1.54) is 193 Å². The van der Waals surface area contributed by atoms with Crippen LogP contribution in [0.4, 0.5) is 0 Å². The van der Waals surface area contributed by atoms with Crippen LogP contribution < -0.4 is 0 Å². The van der Waals surface area contributed by atoms with Crippen molar-refractivity contribution in [2.45, 2.75) is 301 Å². The smallest absolute Gasteiger partial charge is 0.457 e. The highest BCUT2D eigenvalue weighted by Gasteiger charge is 2.51. The summed E-state index contributed by atoms with van der Waals surface area (Å²) in [7, 11) is -5.02. The van der Waals surface area contributed by atoms with Crippen LogP contribution in [0.1, 0.15) is 258 Å². The van der Waals surface area contributed by atoms with E-state index in [9.17, 15) is 39.8 Å². The molecule has 1 aliphatic rings. The molecule has 12 nitrogen and oxygen atoms in total. The van der Waals surface area contributed by atoms with Crippen molar-refractivity contribution in [3.63, 3.8) is 0 Å². The van der Waals surface area contributed by atoms with Gasteiger partial charge in [-0.2, -0.15) is 0 Å². The first kappa shape index (κ1) is 63.1. The molecular formula is C53H103O12P. The number of rotatable bonds is 48. The van der Waals surface area contributed by atoms with Crippen molar-refractivity contribution in [1.29, 1.82) is 0 Å². The molecule has 0 saturated heterocycles. The Balaban J connectivity index is 2.29. The third-order valence-electron chi connectivity index (χ3n) is 13.1. The summed E-state index contributed by atoms with van der Waals surface area (Å²) in [4.78, 5) is 23.3. The summed E-state index contributed by atoms with van der Waals surface area (Å²) in [6, 6.07) is 0. The molecule has 1 fully saturated rings. The predicted molar refractivity (Wildman–Crippen MR) is 267 cm³/mol. The lowest BCUT2D eigenvalue weighted by molar-refractivity contribution is -0.220. The molecule has 1 rings (SSSR count). The zero-order chi connectivity index (χ0) is 48.4. The van der Waals surface area contributed by atoms with Crippen molar-refractivity contribution < 1.29 is 58.3 Å². The molecule has 0 aliphatic heterocycles. The molecule has 0 amide bonds. The van der Waals surface area contributed by atoms with E-state index in [0.717, 1.165) is 38.5 Å². The van der Waals surface area contributed by atoms with Gasteiger partial charge < -0.3 is 39.9 Å². The standard InChI is InChI=1S/C53H103O12P/c1-3-5-7-9-11-13-15-17-19-21-23-24-25-26-28-30-32-34-36-38-40-42-47(54)64-46(45-63-66(60,61)65-53-51(58)49(56)48(55)50(57)52(53)59)44-62-43-41-39-37-35-33-31-29-27-22-20-18-16-14-12-10-8-6-4-2/h18,20,46,48-53,55-59H,3-17,19,21-45H2,1-2H3,(H,60,61)/b20-18-.